The van der Waals surface area contributed by atoms with Gasteiger partial charge in [0, 0.05) is 31.0 Å². The van der Waals surface area contributed by atoms with Gasteiger partial charge in [0.25, 0.3) is 5.56 Å². The molecule has 1 aliphatic carbocycles. The molecule has 5 rings (SSSR count). The van der Waals surface area contributed by atoms with Crippen LogP contribution < -0.4 is 10.3 Å². The average molecular weight is 469 g/mol. The van der Waals surface area contributed by atoms with Crippen LogP contribution in [-0.2, 0) is 6.42 Å². The molecule has 1 N–H and O–H groups in total. The van der Waals surface area contributed by atoms with Crippen molar-refractivity contribution in [2.75, 3.05) is 7.11 Å². The number of fused-ring (bicyclic) bond motifs is 1. The summed E-state index contributed by atoms with van der Waals surface area (Å²) < 4.78 is 48.2. The lowest BCUT2D eigenvalue weighted by atomic mass is 9.92. The summed E-state index contributed by atoms with van der Waals surface area (Å²) in [5, 5.41) is 4.57. The number of hydrogen-bond acceptors (Lipinski definition) is 5. The lowest BCUT2D eigenvalue weighted by Gasteiger charge is -2.28. The quantitative estimate of drug-likeness (QED) is 0.459. The fraction of sp³-hybridized carbons (Fsp3) is 0.333. The molecule has 1 saturated carbocycles. The SMILES string of the molecule is COc1cncc(-c2ccc(F)cc2Cc2nc3c(cnn3C3CCC(F)(F)CC3)c(=O)[nH]2)c1. The highest BCUT2D eigenvalue weighted by Gasteiger charge is 2.36. The van der Waals surface area contributed by atoms with Crippen molar-refractivity contribution in [3.63, 3.8) is 0 Å². The molecule has 0 atom stereocenters. The van der Waals surface area contributed by atoms with Gasteiger partial charge in [-0.1, -0.05) is 6.07 Å². The Morgan fingerprint density at radius 1 is 1.18 bits per heavy atom. The molecule has 7 nitrogen and oxygen atoms in total. The zero-order valence-corrected chi connectivity index (χ0v) is 18.4. The van der Waals surface area contributed by atoms with Crippen LogP contribution in [-0.4, -0.2) is 37.8 Å². The van der Waals surface area contributed by atoms with Gasteiger partial charge in [0.2, 0.25) is 5.92 Å². The van der Waals surface area contributed by atoms with Crippen LogP contribution in [0.5, 0.6) is 5.75 Å². The van der Waals surface area contributed by atoms with Crippen LogP contribution in [0.1, 0.15) is 43.1 Å². The van der Waals surface area contributed by atoms with Crippen LogP contribution in [0.4, 0.5) is 13.2 Å². The average Bonchev–Trinajstić information content (AvgIpc) is 3.24. The Morgan fingerprint density at radius 2 is 1.97 bits per heavy atom. The maximum atomic E-state index is 14.2. The molecular weight excluding hydrogens is 447 g/mol. The number of rotatable bonds is 5. The Labute approximate surface area is 192 Å². The van der Waals surface area contributed by atoms with Gasteiger partial charge in [0.05, 0.1) is 25.5 Å². The Bertz CT molecular complexity index is 1410. The van der Waals surface area contributed by atoms with Gasteiger partial charge in [-0.25, -0.2) is 22.8 Å². The van der Waals surface area contributed by atoms with Crippen LogP contribution in [0, 0.1) is 5.82 Å². The van der Waals surface area contributed by atoms with Gasteiger partial charge < -0.3 is 9.72 Å². The Balaban J connectivity index is 1.52. The molecule has 10 heteroatoms. The largest absolute Gasteiger partial charge is 0.495 e. The van der Waals surface area contributed by atoms with Gasteiger partial charge in [0.15, 0.2) is 5.65 Å². The van der Waals surface area contributed by atoms with E-state index in [1.165, 1.54) is 25.4 Å². The number of nitrogens with zero attached hydrogens (tertiary/aromatic N) is 4. The van der Waals surface area contributed by atoms with E-state index in [-0.39, 0.29) is 49.1 Å². The van der Waals surface area contributed by atoms with E-state index in [1.807, 2.05) is 0 Å². The van der Waals surface area contributed by atoms with Crippen molar-refractivity contribution in [1.82, 2.24) is 24.7 Å². The number of alkyl halides is 2. The molecule has 1 fully saturated rings. The summed E-state index contributed by atoms with van der Waals surface area (Å²) in [6.45, 7) is 0. The molecule has 3 heterocycles. The zero-order chi connectivity index (χ0) is 23.9. The van der Waals surface area contributed by atoms with Crippen LogP contribution >= 0.6 is 0 Å². The summed E-state index contributed by atoms with van der Waals surface area (Å²) in [6.07, 6.45) is 4.83. The smallest absolute Gasteiger partial charge is 0.262 e. The van der Waals surface area contributed by atoms with E-state index < -0.39 is 11.7 Å². The Kier molecular flexibility index (Phi) is 5.59. The summed E-state index contributed by atoms with van der Waals surface area (Å²) >= 11 is 0. The molecule has 34 heavy (non-hydrogen) atoms. The van der Waals surface area contributed by atoms with Gasteiger partial charge in [-0.3, -0.25) is 9.78 Å². The molecule has 0 unspecified atom stereocenters. The maximum Gasteiger partial charge on any atom is 0.262 e. The lowest BCUT2D eigenvalue weighted by molar-refractivity contribution is -0.0446. The van der Waals surface area contributed by atoms with Crippen LogP contribution in [0.25, 0.3) is 22.2 Å². The Hall–Kier alpha value is -3.69. The number of aromatic amines is 1. The van der Waals surface area contributed by atoms with Crippen molar-refractivity contribution in [1.29, 1.82) is 0 Å². The van der Waals surface area contributed by atoms with Crippen LogP contribution in [0.2, 0.25) is 0 Å². The second kappa shape index (κ2) is 8.58. The second-order valence-electron chi connectivity index (χ2n) is 8.52. The zero-order valence-electron chi connectivity index (χ0n) is 18.4. The highest BCUT2D eigenvalue weighted by atomic mass is 19.3. The minimum absolute atomic E-state index is 0.142. The Morgan fingerprint density at radius 3 is 2.74 bits per heavy atom. The molecule has 0 radical (unpaired) electrons. The summed E-state index contributed by atoms with van der Waals surface area (Å²) in [4.78, 5) is 24.2. The van der Waals surface area contributed by atoms with E-state index >= 15 is 0 Å². The monoisotopic (exact) mass is 469 g/mol. The molecule has 0 amide bonds. The number of aromatic nitrogens is 5. The van der Waals surface area contributed by atoms with E-state index in [2.05, 4.69) is 20.1 Å². The van der Waals surface area contributed by atoms with Crippen molar-refractivity contribution < 1.29 is 17.9 Å². The number of pyridine rings is 1. The van der Waals surface area contributed by atoms with Gasteiger partial charge >= 0.3 is 0 Å². The molecule has 0 aliphatic heterocycles. The number of hydrogen-bond donors (Lipinski definition) is 1. The van der Waals surface area contributed by atoms with E-state index in [0.717, 1.165) is 11.1 Å². The van der Waals surface area contributed by atoms with Crippen molar-refractivity contribution in [3.8, 4) is 16.9 Å². The van der Waals surface area contributed by atoms with Crippen molar-refractivity contribution >= 4 is 11.0 Å². The first-order valence-electron chi connectivity index (χ1n) is 10.9. The van der Waals surface area contributed by atoms with Crippen molar-refractivity contribution in [2.45, 2.75) is 44.1 Å². The lowest BCUT2D eigenvalue weighted by Crippen LogP contribution is -2.27. The third-order valence-electron chi connectivity index (χ3n) is 6.23. The second-order valence-corrected chi connectivity index (χ2v) is 8.52. The molecule has 1 aliphatic rings. The third kappa shape index (κ3) is 4.27. The predicted molar refractivity (Wildman–Crippen MR) is 120 cm³/mol. The van der Waals surface area contributed by atoms with Gasteiger partial charge in [-0.05, 0) is 42.2 Å². The molecule has 0 saturated heterocycles. The fourth-order valence-corrected chi connectivity index (χ4v) is 4.45. The molecule has 3 aromatic heterocycles. The highest BCUT2D eigenvalue weighted by Crippen LogP contribution is 2.38. The number of halogens is 3. The highest BCUT2D eigenvalue weighted by molar-refractivity contribution is 5.73. The molecule has 176 valence electrons. The first-order chi connectivity index (χ1) is 16.3. The molecule has 0 bridgehead atoms. The minimum atomic E-state index is -2.67. The normalized spacial score (nSPS) is 16.1. The first kappa shape index (κ1) is 22.1. The van der Waals surface area contributed by atoms with Gasteiger partial charge in [-0.15, -0.1) is 0 Å². The fourth-order valence-electron chi connectivity index (χ4n) is 4.45. The molecule has 1 aromatic carbocycles. The standard InChI is InChI=1S/C24H22F3N5O2/c1-34-18-9-15(11-28-12-18)19-3-2-16(25)8-14(19)10-21-30-22-20(23(33)31-21)13-29-32(22)17-4-6-24(26,27)7-5-17/h2-3,8-9,11-13,17H,4-7,10H2,1H3,(H,30,31,33). The van der Waals surface area contributed by atoms with Crippen molar-refractivity contribution in [3.05, 3.63) is 70.4 Å². The summed E-state index contributed by atoms with van der Waals surface area (Å²) in [6, 6.07) is 5.92. The summed E-state index contributed by atoms with van der Waals surface area (Å²) in [7, 11) is 1.53. The number of H-pyrrole nitrogens is 1. The van der Waals surface area contributed by atoms with E-state index in [1.54, 1.807) is 29.2 Å². The maximum absolute atomic E-state index is 14.2. The summed E-state index contributed by atoms with van der Waals surface area (Å²) in [5.41, 5.74) is 2.01. The summed E-state index contributed by atoms with van der Waals surface area (Å²) in [5.74, 6) is -2.21. The topological polar surface area (TPSA) is 85.7 Å². The van der Waals surface area contributed by atoms with Gasteiger partial charge in [-0.2, -0.15) is 5.10 Å². The molecule has 4 aromatic rings. The number of methoxy groups -OCH3 is 1. The molecule has 0 spiro atoms. The van der Waals surface area contributed by atoms with Crippen molar-refractivity contribution in [2.24, 2.45) is 0 Å². The minimum Gasteiger partial charge on any atom is -0.495 e. The number of benzene rings is 1. The van der Waals surface area contributed by atoms with Crippen LogP contribution in [0.3, 0.4) is 0 Å². The third-order valence-corrected chi connectivity index (χ3v) is 6.23. The first-order valence-corrected chi connectivity index (χ1v) is 10.9. The number of ether oxygens (including phenoxy) is 1. The van der Waals surface area contributed by atoms with E-state index in [4.69, 9.17) is 4.74 Å². The predicted octanol–water partition coefficient (Wildman–Crippen LogP) is 4.67. The van der Waals surface area contributed by atoms with E-state index in [9.17, 15) is 18.0 Å². The number of nitrogens with one attached hydrogen (secondary N) is 1. The van der Waals surface area contributed by atoms with E-state index in [0.29, 0.717) is 22.8 Å². The van der Waals surface area contributed by atoms with Gasteiger partial charge in [0.1, 0.15) is 22.8 Å². The molecular formula is C24H22F3N5O2. The van der Waals surface area contributed by atoms with Crippen LogP contribution in [0.15, 0.2) is 47.7 Å².